The van der Waals surface area contributed by atoms with Gasteiger partial charge in [-0.1, -0.05) is 24.3 Å². The van der Waals surface area contributed by atoms with E-state index >= 15 is 0 Å². The standard InChI is InChI=1S/C21H12F2OS2/c22-15-5-1-3-13(11-15)20-17(7-9-25-20)19(24)18-8-10-26-21(18)14-4-2-6-16(23)12-14/h1-12H. The number of carbonyl (C=O) groups excluding carboxylic acids is 1. The Hall–Kier alpha value is -2.63. The van der Waals surface area contributed by atoms with E-state index in [-0.39, 0.29) is 17.4 Å². The maximum absolute atomic E-state index is 13.6. The molecule has 4 rings (SSSR count). The molecule has 0 aliphatic carbocycles. The molecular weight excluding hydrogens is 370 g/mol. The van der Waals surface area contributed by atoms with Crippen LogP contribution in [0.1, 0.15) is 15.9 Å². The SMILES string of the molecule is O=C(c1ccsc1-c1cccc(F)c1)c1ccsc1-c1cccc(F)c1. The van der Waals surface area contributed by atoms with Crippen LogP contribution in [0.2, 0.25) is 0 Å². The van der Waals surface area contributed by atoms with Gasteiger partial charge >= 0.3 is 0 Å². The van der Waals surface area contributed by atoms with E-state index in [4.69, 9.17) is 0 Å². The molecule has 128 valence electrons. The van der Waals surface area contributed by atoms with E-state index in [9.17, 15) is 13.6 Å². The van der Waals surface area contributed by atoms with Gasteiger partial charge < -0.3 is 0 Å². The number of hydrogen-bond donors (Lipinski definition) is 0. The molecule has 0 N–H and O–H groups in total. The summed E-state index contributed by atoms with van der Waals surface area (Å²) in [7, 11) is 0. The zero-order chi connectivity index (χ0) is 18.1. The Kier molecular flexibility index (Phi) is 4.49. The number of rotatable bonds is 4. The van der Waals surface area contributed by atoms with Crippen LogP contribution in [0.3, 0.4) is 0 Å². The number of thiophene rings is 2. The summed E-state index contributed by atoms with van der Waals surface area (Å²) in [6, 6.07) is 15.9. The van der Waals surface area contributed by atoms with Gasteiger partial charge in [-0.3, -0.25) is 4.79 Å². The molecule has 0 unspecified atom stereocenters. The lowest BCUT2D eigenvalue weighted by Crippen LogP contribution is -2.01. The van der Waals surface area contributed by atoms with Crippen LogP contribution < -0.4 is 0 Å². The quantitative estimate of drug-likeness (QED) is 0.361. The van der Waals surface area contributed by atoms with Gasteiger partial charge in [-0.25, -0.2) is 8.78 Å². The Labute approximate surface area is 157 Å². The number of halogens is 2. The Morgan fingerprint density at radius 1 is 0.692 bits per heavy atom. The van der Waals surface area contributed by atoms with Gasteiger partial charge in [0.25, 0.3) is 0 Å². The fraction of sp³-hybridized carbons (Fsp3) is 0. The molecule has 0 bridgehead atoms. The molecule has 0 amide bonds. The Morgan fingerprint density at radius 3 is 1.58 bits per heavy atom. The predicted octanol–water partition coefficient (Wildman–Crippen LogP) is 6.65. The third-order valence-corrected chi connectivity index (χ3v) is 5.92. The average molecular weight is 382 g/mol. The summed E-state index contributed by atoms with van der Waals surface area (Å²) in [5, 5.41) is 3.64. The van der Waals surface area contributed by atoms with Crippen LogP contribution >= 0.6 is 22.7 Å². The van der Waals surface area contributed by atoms with Gasteiger partial charge in [0.2, 0.25) is 0 Å². The molecule has 0 atom stereocenters. The molecule has 0 radical (unpaired) electrons. The van der Waals surface area contributed by atoms with Crippen LogP contribution in [0, 0.1) is 11.6 Å². The smallest absolute Gasteiger partial charge is 0.195 e. The van der Waals surface area contributed by atoms with Gasteiger partial charge in [0.15, 0.2) is 5.78 Å². The lowest BCUT2D eigenvalue weighted by atomic mass is 9.99. The lowest BCUT2D eigenvalue weighted by Gasteiger charge is -2.06. The third-order valence-electron chi connectivity index (χ3n) is 3.99. The Balaban J connectivity index is 1.78. The highest BCUT2D eigenvalue weighted by atomic mass is 32.1. The van der Waals surface area contributed by atoms with Crippen molar-refractivity contribution in [2.24, 2.45) is 0 Å². The molecular formula is C21H12F2OS2. The van der Waals surface area contributed by atoms with E-state index in [1.165, 1.54) is 46.9 Å². The van der Waals surface area contributed by atoms with Crippen LogP contribution in [0.5, 0.6) is 0 Å². The zero-order valence-corrected chi connectivity index (χ0v) is 15.0. The second-order valence-corrected chi connectivity index (χ2v) is 7.51. The molecule has 1 nitrogen and oxygen atoms in total. The van der Waals surface area contributed by atoms with Crippen molar-refractivity contribution in [1.29, 1.82) is 0 Å². The van der Waals surface area contributed by atoms with Crippen LogP contribution in [0.4, 0.5) is 8.78 Å². The van der Waals surface area contributed by atoms with E-state index in [0.29, 0.717) is 22.3 Å². The first-order valence-electron chi connectivity index (χ1n) is 7.85. The zero-order valence-electron chi connectivity index (χ0n) is 13.4. The minimum absolute atomic E-state index is 0.147. The molecule has 0 fully saturated rings. The molecule has 0 aliphatic heterocycles. The summed E-state index contributed by atoms with van der Waals surface area (Å²) in [5.41, 5.74) is 2.39. The van der Waals surface area contributed by atoms with Crippen molar-refractivity contribution in [3.8, 4) is 20.9 Å². The van der Waals surface area contributed by atoms with E-state index in [0.717, 1.165) is 9.75 Å². The molecule has 5 heteroatoms. The first-order chi connectivity index (χ1) is 12.6. The minimum atomic E-state index is -0.342. The largest absolute Gasteiger partial charge is 0.289 e. The number of hydrogen-bond acceptors (Lipinski definition) is 3. The summed E-state index contributed by atoms with van der Waals surface area (Å²) < 4.78 is 27.1. The summed E-state index contributed by atoms with van der Waals surface area (Å²) in [4.78, 5) is 14.6. The molecule has 0 saturated carbocycles. The lowest BCUT2D eigenvalue weighted by molar-refractivity contribution is 0.104. The first-order valence-corrected chi connectivity index (χ1v) is 9.61. The molecule has 2 heterocycles. The second kappa shape index (κ2) is 6.94. The summed E-state index contributed by atoms with van der Waals surface area (Å²) >= 11 is 2.79. The normalized spacial score (nSPS) is 10.8. The van der Waals surface area contributed by atoms with Crippen molar-refractivity contribution in [1.82, 2.24) is 0 Å². The molecule has 26 heavy (non-hydrogen) atoms. The summed E-state index contributed by atoms with van der Waals surface area (Å²) in [5.74, 6) is -0.832. The Morgan fingerprint density at radius 2 is 1.15 bits per heavy atom. The molecule has 4 aromatic rings. The maximum atomic E-state index is 13.6. The van der Waals surface area contributed by atoms with Crippen molar-refractivity contribution in [3.05, 3.63) is 94.2 Å². The van der Waals surface area contributed by atoms with Crippen molar-refractivity contribution in [3.63, 3.8) is 0 Å². The molecule has 0 saturated heterocycles. The van der Waals surface area contributed by atoms with Crippen LogP contribution in [0.25, 0.3) is 20.9 Å². The average Bonchev–Trinajstić information content (AvgIpc) is 3.31. The van der Waals surface area contributed by atoms with E-state index < -0.39 is 0 Å². The second-order valence-electron chi connectivity index (χ2n) is 5.68. The molecule has 0 aliphatic rings. The highest BCUT2D eigenvalue weighted by Gasteiger charge is 2.21. The fourth-order valence-electron chi connectivity index (χ4n) is 2.83. The van der Waals surface area contributed by atoms with Crippen LogP contribution in [-0.2, 0) is 0 Å². The van der Waals surface area contributed by atoms with Crippen LogP contribution in [0.15, 0.2) is 71.4 Å². The van der Waals surface area contributed by atoms with Crippen molar-refractivity contribution < 1.29 is 13.6 Å². The van der Waals surface area contributed by atoms with Crippen molar-refractivity contribution >= 4 is 28.5 Å². The van der Waals surface area contributed by atoms with E-state index in [2.05, 4.69) is 0 Å². The number of ketones is 1. The predicted molar refractivity (Wildman–Crippen MR) is 103 cm³/mol. The summed E-state index contributed by atoms with van der Waals surface area (Å²) in [6.45, 7) is 0. The molecule has 2 aromatic carbocycles. The van der Waals surface area contributed by atoms with Gasteiger partial charge in [-0.05, 0) is 58.3 Å². The van der Waals surface area contributed by atoms with E-state index in [1.54, 1.807) is 36.4 Å². The monoisotopic (exact) mass is 382 g/mol. The van der Waals surface area contributed by atoms with Gasteiger partial charge in [0.1, 0.15) is 11.6 Å². The van der Waals surface area contributed by atoms with Gasteiger partial charge in [0, 0.05) is 20.9 Å². The minimum Gasteiger partial charge on any atom is -0.289 e. The first kappa shape index (κ1) is 16.8. The number of benzene rings is 2. The van der Waals surface area contributed by atoms with Crippen molar-refractivity contribution in [2.45, 2.75) is 0 Å². The molecule has 0 spiro atoms. The maximum Gasteiger partial charge on any atom is 0.195 e. The van der Waals surface area contributed by atoms with E-state index in [1.807, 2.05) is 10.8 Å². The summed E-state index contributed by atoms with van der Waals surface area (Å²) in [6.07, 6.45) is 0. The van der Waals surface area contributed by atoms with Gasteiger partial charge in [-0.15, -0.1) is 22.7 Å². The van der Waals surface area contributed by atoms with Gasteiger partial charge in [-0.2, -0.15) is 0 Å². The topological polar surface area (TPSA) is 17.1 Å². The van der Waals surface area contributed by atoms with Gasteiger partial charge in [0.05, 0.1) is 0 Å². The van der Waals surface area contributed by atoms with Crippen LogP contribution in [-0.4, -0.2) is 5.78 Å². The molecule has 2 aromatic heterocycles. The van der Waals surface area contributed by atoms with Crippen molar-refractivity contribution in [2.75, 3.05) is 0 Å². The highest BCUT2D eigenvalue weighted by molar-refractivity contribution is 7.14. The fourth-order valence-corrected chi connectivity index (χ4v) is 4.61. The Bertz CT molecular complexity index is 1010. The number of carbonyl (C=O) groups is 1. The third kappa shape index (κ3) is 3.11. The highest BCUT2D eigenvalue weighted by Crippen LogP contribution is 2.36.